The Morgan fingerprint density at radius 1 is 1.10 bits per heavy atom. The fraction of sp³-hybridized carbons (Fsp3) is 0.278. The largest absolute Gasteiger partial charge is 0.311 e. The summed E-state index contributed by atoms with van der Waals surface area (Å²) in [6.07, 6.45) is 1.72. The Kier molecular flexibility index (Phi) is 4.02. The molecule has 2 aromatic carbocycles. The molecular formula is C18H20N2O. The molecule has 3 rings (SSSR count). The number of para-hydroxylation sites is 1. The van der Waals surface area contributed by atoms with Crippen molar-refractivity contribution >= 4 is 11.6 Å². The number of anilines is 1. The summed E-state index contributed by atoms with van der Waals surface area (Å²) in [5, 5.41) is 3.09. The molecule has 0 spiro atoms. The molecule has 2 aromatic rings. The van der Waals surface area contributed by atoms with E-state index in [1.165, 1.54) is 11.1 Å². The number of nitrogens with one attached hydrogen (secondary N) is 1. The standard InChI is InChI=1S/C18H20N2O/c1-19-16-11-12-20(18(16)21)17-10-6-5-9-15(17)13-14-7-3-2-4-8-14/h2-10,16,19H,11-13H2,1H3. The lowest BCUT2D eigenvalue weighted by Crippen LogP contribution is -2.36. The molecule has 1 unspecified atom stereocenters. The first-order chi connectivity index (χ1) is 10.3. The number of nitrogens with zero attached hydrogens (tertiary/aromatic N) is 1. The number of hydrogen-bond donors (Lipinski definition) is 1. The molecule has 0 saturated carbocycles. The quantitative estimate of drug-likeness (QED) is 0.933. The van der Waals surface area contributed by atoms with Crippen molar-refractivity contribution in [3.8, 4) is 0 Å². The van der Waals surface area contributed by atoms with Crippen molar-refractivity contribution in [3.63, 3.8) is 0 Å². The number of benzene rings is 2. The van der Waals surface area contributed by atoms with Crippen LogP contribution in [-0.4, -0.2) is 25.5 Å². The van der Waals surface area contributed by atoms with Crippen LogP contribution in [0.2, 0.25) is 0 Å². The van der Waals surface area contributed by atoms with Crippen LogP contribution in [0.1, 0.15) is 17.5 Å². The molecule has 1 heterocycles. The van der Waals surface area contributed by atoms with Gasteiger partial charge in [-0.05, 0) is 37.1 Å². The first-order valence-electron chi connectivity index (χ1n) is 7.40. The molecule has 108 valence electrons. The third-order valence-corrected chi connectivity index (χ3v) is 4.07. The Labute approximate surface area is 125 Å². The molecule has 1 amide bonds. The maximum atomic E-state index is 12.4. The third kappa shape index (κ3) is 2.83. The Balaban J connectivity index is 1.88. The first-order valence-corrected chi connectivity index (χ1v) is 7.40. The zero-order valence-corrected chi connectivity index (χ0v) is 12.3. The number of likely N-dealkylation sites (N-methyl/N-ethyl adjacent to an activating group) is 1. The van der Waals surface area contributed by atoms with Crippen molar-refractivity contribution in [1.82, 2.24) is 5.32 Å². The minimum Gasteiger partial charge on any atom is -0.311 e. The van der Waals surface area contributed by atoms with Gasteiger partial charge >= 0.3 is 0 Å². The van der Waals surface area contributed by atoms with Gasteiger partial charge in [-0.3, -0.25) is 4.79 Å². The lowest BCUT2D eigenvalue weighted by atomic mass is 10.0. The van der Waals surface area contributed by atoms with Crippen LogP contribution in [0.3, 0.4) is 0 Å². The summed E-state index contributed by atoms with van der Waals surface area (Å²) in [6.45, 7) is 0.788. The van der Waals surface area contributed by atoms with E-state index >= 15 is 0 Å². The minimum atomic E-state index is -0.0465. The Morgan fingerprint density at radius 3 is 2.52 bits per heavy atom. The summed E-state index contributed by atoms with van der Waals surface area (Å²) in [5.74, 6) is 0.179. The van der Waals surface area contributed by atoms with E-state index in [0.717, 1.165) is 25.1 Å². The number of hydrogen-bond acceptors (Lipinski definition) is 2. The second-order valence-corrected chi connectivity index (χ2v) is 5.41. The molecule has 3 nitrogen and oxygen atoms in total. The van der Waals surface area contributed by atoms with E-state index in [1.807, 2.05) is 36.2 Å². The summed E-state index contributed by atoms with van der Waals surface area (Å²) in [4.78, 5) is 14.3. The highest BCUT2D eigenvalue weighted by molar-refractivity contribution is 6.00. The average Bonchev–Trinajstić information content (AvgIpc) is 2.90. The predicted molar refractivity (Wildman–Crippen MR) is 85.5 cm³/mol. The number of carbonyl (C=O) groups is 1. The normalized spacial score (nSPS) is 18.2. The molecule has 1 saturated heterocycles. The molecule has 21 heavy (non-hydrogen) atoms. The highest BCUT2D eigenvalue weighted by Crippen LogP contribution is 2.27. The Morgan fingerprint density at radius 2 is 1.81 bits per heavy atom. The molecule has 1 fully saturated rings. The molecule has 0 aliphatic carbocycles. The second kappa shape index (κ2) is 6.10. The number of amides is 1. The van der Waals surface area contributed by atoms with Crippen LogP contribution in [0.4, 0.5) is 5.69 Å². The lowest BCUT2D eigenvalue weighted by molar-refractivity contribution is -0.118. The average molecular weight is 280 g/mol. The van der Waals surface area contributed by atoms with Crippen LogP contribution < -0.4 is 10.2 Å². The summed E-state index contributed by atoms with van der Waals surface area (Å²) >= 11 is 0. The van der Waals surface area contributed by atoms with E-state index in [9.17, 15) is 4.79 Å². The summed E-state index contributed by atoms with van der Waals surface area (Å²) < 4.78 is 0. The molecule has 0 bridgehead atoms. The van der Waals surface area contributed by atoms with E-state index in [2.05, 4.69) is 35.6 Å². The smallest absolute Gasteiger partial charge is 0.244 e. The molecular weight excluding hydrogens is 260 g/mol. The van der Waals surface area contributed by atoms with Gasteiger partial charge in [0.05, 0.1) is 6.04 Å². The van der Waals surface area contributed by atoms with Crippen LogP contribution in [0, 0.1) is 0 Å². The van der Waals surface area contributed by atoms with E-state index in [1.54, 1.807) is 0 Å². The monoisotopic (exact) mass is 280 g/mol. The van der Waals surface area contributed by atoms with Crippen molar-refractivity contribution < 1.29 is 4.79 Å². The van der Waals surface area contributed by atoms with Gasteiger partial charge in [-0.2, -0.15) is 0 Å². The van der Waals surface area contributed by atoms with E-state index in [4.69, 9.17) is 0 Å². The molecule has 1 aliphatic rings. The van der Waals surface area contributed by atoms with Gasteiger partial charge in [-0.1, -0.05) is 48.5 Å². The van der Waals surface area contributed by atoms with Crippen LogP contribution >= 0.6 is 0 Å². The van der Waals surface area contributed by atoms with Crippen molar-refractivity contribution in [1.29, 1.82) is 0 Å². The van der Waals surface area contributed by atoms with Crippen molar-refractivity contribution in [3.05, 3.63) is 65.7 Å². The Hall–Kier alpha value is -2.13. The molecule has 0 aromatic heterocycles. The van der Waals surface area contributed by atoms with Gasteiger partial charge in [0.2, 0.25) is 5.91 Å². The molecule has 3 heteroatoms. The van der Waals surface area contributed by atoms with E-state index in [0.29, 0.717) is 0 Å². The van der Waals surface area contributed by atoms with Gasteiger partial charge in [0.1, 0.15) is 0 Å². The zero-order chi connectivity index (χ0) is 14.7. The van der Waals surface area contributed by atoms with Gasteiger partial charge in [-0.15, -0.1) is 0 Å². The molecule has 1 aliphatic heterocycles. The molecule has 1 atom stereocenters. The highest BCUT2D eigenvalue weighted by atomic mass is 16.2. The van der Waals surface area contributed by atoms with E-state index < -0.39 is 0 Å². The number of carbonyl (C=O) groups excluding carboxylic acids is 1. The van der Waals surface area contributed by atoms with Gasteiger partial charge in [-0.25, -0.2) is 0 Å². The van der Waals surface area contributed by atoms with Gasteiger partial charge in [0.25, 0.3) is 0 Å². The first kappa shape index (κ1) is 13.8. The fourth-order valence-corrected chi connectivity index (χ4v) is 2.93. The summed E-state index contributed by atoms with van der Waals surface area (Å²) in [5.41, 5.74) is 3.51. The van der Waals surface area contributed by atoms with Crippen LogP contribution in [-0.2, 0) is 11.2 Å². The van der Waals surface area contributed by atoms with Crippen molar-refractivity contribution in [2.45, 2.75) is 18.9 Å². The van der Waals surface area contributed by atoms with Gasteiger partial charge in [0.15, 0.2) is 0 Å². The summed E-state index contributed by atoms with van der Waals surface area (Å²) in [6, 6.07) is 18.5. The second-order valence-electron chi connectivity index (χ2n) is 5.41. The van der Waals surface area contributed by atoms with Crippen molar-refractivity contribution in [2.75, 3.05) is 18.5 Å². The maximum Gasteiger partial charge on any atom is 0.244 e. The third-order valence-electron chi connectivity index (χ3n) is 4.07. The van der Waals surface area contributed by atoms with Gasteiger partial charge < -0.3 is 10.2 Å². The van der Waals surface area contributed by atoms with Gasteiger partial charge in [0, 0.05) is 12.2 Å². The zero-order valence-electron chi connectivity index (χ0n) is 12.3. The van der Waals surface area contributed by atoms with Crippen molar-refractivity contribution in [2.24, 2.45) is 0 Å². The summed E-state index contributed by atoms with van der Waals surface area (Å²) in [7, 11) is 1.85. The van der Waals surface area contributed by atoms with Crippen LogP contribution in [0.15, 0.2) is 54.6 Å². The van der Waals surface area contributed by atoms with E-state index in [-0.39, 0.29) is 11.9 Å². The Bertz CT molecular complexity index is 624. The highest BCUT2D eigenvalue weighted by Gasteiger charge is 2.32. The van der Waals surface area contributed by atoms with Crippen LogP contribution in [0.5, 0.6) is 0 Å². The SMILES string of the molecule is CNC1CCN(c2ccccc2Cc2ccccc2)C1=O. The van der Waals surface area contributed by atoms with Crippen LogP contribution in [0.25, 0.3) is 0 Å². The lowest BCUT2D eigenvalue weighted by Gasteiger charge is -2.20. The predicted octanol–water partition coefficient (Wildman–Crippen LogP) is 2.60. The molecule has 1 N–H and O–H groups in total. The maximum absolute atomic E-state index is 12.4. The minimum absolute atomic E-state index is 0.0465. The fourth-order valence-electron chi connectivity index (χ4n) is 2.93. The molecule has 0 radical (unpaired) electrons. The topological polar surface area (TPSA) is 32.3 Å². The number of rotatable bonds is 4.